The number of anilines is 3. The summed E-state index contributed by atoms with van der Waals surface area (Å²) < 4.78 is 11.2. The van der Waals surface area contributed by atoms with Gasteiger partial charge in [0.15, 0.2) is 0 Å². The lowest BCUT2D eigenvalue weighted by molar-refractivity contribution is -0.137. The lowest BCUT2D eigenvalue weighted by atomic mass is 9.95. The third-order valence-electron chi connectivity index (χ3n) is 8.84. The van der Waals surface area contributed by atoms with E-state index in [4.69, 9.17) is 9.47 Å². The Bertz CT molecular complexity index is 2020. The van der Waals surface area contributed by atoms with E-state index in [1.165, 1.54) is 28.3 Å². The molecular formula is C48H43NO3. The number of rotatable bonds is 16. The van der Waals surface area contributed by atoms with Crippen molar-refractivity contribution in [3.8, 4) is 0 Å². The SMILES string of the molecule is C=CC(=O)OCCc1ccc(N(c2ccc(C=C(c3ccccc3)c3ccccc3)cc2)c2ccc(CCOCc3ccc(C=C)cc3)cc2)cc1. The molecule has 0 saturated carbocycles. The minimum Gasteiger partial charge on any atom is -0.462 e. The Morgan fingerprint density at radius 1 is 0.538 bits per heavy atom. The minimum absolute atomic E-state index is 0.309. The summed E-state index contributed by atoms with van der Waals surface area (Å²) in [4.78, 5) is 13.8. The molecule has 0 aliphatic rings. The Morgan fingerprint density at radius 3 is 1.50 bits per heavy atom. The number of benzene rings is 6. The van der Waals surface area contributed by atoms with E-state index in [1.807, 2.05) is 18.2 Å². The second-order valence-corrected chi connectivity index (χ2v) is 12.4. The summed E-state index contributed by atoms with van der Waals surface area (Å²) in [7, 11) is 0. The van der Waals surface area contributed by atoms with Gasteiger partial charge in [-0.05, 0) is 93.4 Å². The van der Waals surface area contributed by atoms with Crippen LogP contribution in [0.5, 0.6) is 0 Å². The fourth-order valence-corrected chi connectivity index (χ4v) is 5.98. The number of ether oxygens (including phenoxy) is 2. The second-order valence-electron chi connectivity index (χ2n) is 12.4. The van der Waals surface area contributed by atoms with Crippen LogP contribution >= 0.6 is 0 Å². The summed E-state index contributed by atoms with van der Waals surface area (Å²) >= 11 is 0. The van der Waals surface area contributed by atoms with E-state index >= 15 is 0 Å². The van der Waals surface area contributed by atoms with Gasteiger partial charge in [-0.15, -0.1) is 0 Å². The van der Waals surface area contributed by atoms with Gasteiger partial charge in [-0.2, -0.15) is 0 Å². The van der Waals surface area contributed by atoms with Crippen LogP contribution in [0.2, 0.25) is 0 Å². The molecule has 52 heavy (non-hydrogen) atoms. The lowest BCUT2D eigenvalue weighted by Crippen LogP contribution is -2.10. The Kier molecular flexibility index (Phi) is 12.4. The van der Waals surface area contributed by atoms with E-state index in [-0.39, 0.29) is 0 Å². The normalized spacial score (nSPS) is 10.6. The first-order chi connectivity index (χ1) is 25.6. The van der Waals surface area contributed by atoms with Crippen LogP contribution in [0.4, 0.5) is 17.1 Å². The first-order valence-corrected chi connectivity index (χ1v) is 17.6. The van der Waals surface area contributed by atoms with Gasteiger partial charge in [-0.1, -0.05) is 141 Å². The maximum Gasteiger partial charge on any atom is 0.330 e. The topological polar surface area (TPSA) is 38.8 Å². The summed E-state index contributed by atoms with van der Waals surface area (Å²) in [5, 5.41) is 0. The summed E-state index contributed by atoms with van der Waals surface area (Å²) in [5.41, 5.74) is 12.3. The van der Waals surface area contributed by atoms with Crippen LogP contribution in [0, 0.1) is 0 Å². The third-order valence-corrected chi connectivity index (χ3v) is 8.84. The molecule has 0 aromatic heterocycles. The van der Waals surface area contributed by atoms with E-state index in [0.717, 1.165) is 45.7 Å². The quantitative estimate of drug-likeness (QED) is 0.0441. The van der Waals surface area contributed by atoms with Crippen molar-refractivity contribution in [2.45, 2.75) is 19.4 Å². The molecule has 4 heteroatoms. The van der Waals surface area contributed by atoms with Crippen molar-refractivity contribution in [3.05, 3.63) is 216 Å². The molecule has 0 atom stereocenters. The molecular weight excluding hydrogens is 639 g/mol. The average Bonchev–Trinajstić information content (AvgIpc) is 3.21. The smallest absolute Gasteiger partial charge is 0.330 e. The van der Waals surface area contributed by atoms with Gasteiger partial charge in [0.1, 0.15) is 0 Å². The zero-order valence-corrected chi connectivity index (χ0v) is 29.4. The Labute approximate surface area is 307 Å². The monoisotopic (exact) mass is 681 g/mol. The van der Waals surface area contributed by atoms with Crippen molar-refractivity contribution in [1.82, 2.24) is 0 Å². The molecule has 4 nitrogen and oxygen atoms in total. The minimum atomic E-state index is -0.408. The van der Waals surface area contributed by atoms with Crippen LogP contribution in [0.25, 0.3) is 17.7 Å². The van der Waals surface area contributed by atoms with E-state index in [1.54, 1.807) is 0 Å². The van der Waals surface area contributed by atoms with E-state index in [0.29, 0.717) is 26.2 Å². The van der Waals surface area contributed by atoms with Crippen molar-refractivity contribution in [2.75, 3.05) is 18.1 Å². The molecule has 0 bridgehead atoms. The molecule has 0 fully saturated rings. The van der Waals surface area contributed by atoms with Crippen LogP contribution in [-0.4, -0.2) is 19.2 Å². The van der Waals surface area contributed by atoms with Crippen LogP contribution < -0.4 is 4.90 Å². The van der Waals surface area contributed by atoms with Gasteiger partial charge in [-0.25, -0.2) is 4.79 Å². The molecule has 0 amide bonds. The molecule has 0 radical (unpaired) electrons. The molecule has 0 aliphatic heterocycles. The molecule has 0 spiro atoms. The number of carbonyl (C=O) groups excluding carboxylic acids is 1. The molecule has 6 aromatic carbocycles. The fraction of sp³-hybridized carbons (Fsp3) is 0.104. The first kappa shape index (κ1) is 35.6. The zero-order valence-electron chi connectivity index (χ0n) is 29.4. The molecule has 0 unspecified atom stereocenters. The van der Waals surface area contributed by atoms with Crippen molar-refractivity contribution in [2.24, 2.45) is 0 Å². The summed E-state index contributed by atoms with van der Waals surface area (Å²) in [5.74, 6) is -0.408. The maximum absolute atomic E-state index is 11.5. The highest BCUT2D eigenvalue weighted by Crippen LogP contribution is 2.36. The van der Waals surface area contributed by atoms with Crippen molar-refractivity contribution >= 4 is 40.8 Å². The number of carbonyl (C=O) groups is 1. The molecule has 0 N–H and O–H groups in total. The van der Waals surface area contributed by atoms with Gasteiger partial charge in [-0.3, -0.25) is 0 Å². The summed E-state index contributed by atoms with van der Waals surface area (Å²) in [6, 6.07) is 55.1. The van der Waals surface area contributed by atoms with E-state index in [9.17, 15) is 4.79 Å². The molecule has 6 rings (SSSR count). The summed E-state index contributed by atoms with van der Waals surface area (Å²) in [6.07, 6.45) is 6.73. The largest absolute Gasteiger partial charge is 0.462 e. The maximum atomic E-state index is 11.5. The summed E-state index contributed by atoms with van der Waals surface area (Å²) in [6.45, 7) is 8.82. The van der Waals surface area contributed by atoms with Gasteiger partial charge in [0, 0.05) is 29.6 Å². The Morgan fingerprint density at radius 2 is 1.00 bits per heavy atom. The molecule has 0 heterocycles. The van der Waals surface area contributed by atoms with Gasteiger partial charge in [0.05, 0.1) is 19.8 Å². The highest BCUT2D eigenvalue weighted by molar-refractivity contribution is 5.91. The van der Waals surface area contributed by atoms with Crippen LogP contribution in [-0.2, 0) is 33.7 Å². The van der Waals surface area contributed by atoms with Crippen molar-refractivity contribution in [1.29, 1.82) is 0 Å². The van der Waals surface area contributed by atoms with Gasteiger partial charge < -0.3 is 14.4 Å². The highest BCUT2D eigenvalue weighted by atomic mass is 16.5. The van der Waals surface area contributed by atoms with Crippen LogP contribution in [0.3, 0.4) is 0 Å². The molecule has 0 aliphatic carbocycles. The van der Waals surface area contributed by atoms with Crippen molar-refractivity contribution in [3.63, 3.8) is 0 Å². The Balaban J connectivity index is 1.22. The van der Waals surface area contributed by atoms with Gasteiger partial charge in [0.2, 0.25) is 0 Å². The lowest BCUT2D eigenvalue weighted by Gasteiger charge is -2.26. The fourth-order valence-electron chi connectivity index (χ4n) is 5.98. The molecule has 6 aromatic rings. The standard InChI is InChI=1S/C48H43NO3/c1-3-37-15-17-41(18-16-37)36-51-33-31-38-19-25-44(26-20-38)49(45-27-21-39(22-28-45)32-34-52-48(50)4-2)46-29-23-40(24-30-46)35-47(42-11-7-5-8-12-42)43-13-9-6-10-14-43/h3-30,35H,1-2,31-34,36H2. The number of esters is 1. The first-order valence-electron chi connectivity index (χ1n) is 17.6. The second kappa shape index (κ2) is 18.1. The van der Waals surface area contributed by atoms with E-state index < -0.39 is 5.97 Å². The predicted octanol–water partition coefficient (Wildman–Crippen LogP) is 11.4. The predicted molar refractivity (Wildman–Crippen MR) is 216 cm³/mol. The molecule has 0 saturated heterocycles. The van der Waals surface area contributed by atoms with Crippen LogP contribution in [0.1, 0.15) is 38.9 Å². The van der Waals surface area contributed by atoms with Crippen molar-refractivity contribution < 1.29 is 14.3 Å². The molecule has 258 valence electrons. The zero-order chi connectivity index (χ0) is 36.0. The Hall–Kier alpha value is -6.23. The van der Waals surface area contributed by atoms with E-state index in [2.05, 4.69) is 170 Å². The highest BCUT2D eigenvalue weighted by Gasteiger charge is 2.14. The number of nitrogens with zero attached hydrogens (tertiary/aromatic N) is 1. The average molecular weight is 682 g/mol. The number of hydrogen-bond donors (Lipinski definition) is 0. The van der Waals surface area contributed by atoms with Gasteiger partial charge in [0.25, 0.3) is 0 Å². The number of hydrogen-bond acceptors (Lipinski definition) is 4. The van der Waals surface area contributed by atoms with Gasteiger partial charge >= 0.3 is 5.97 Å². The van der Waals surface area contributed by atoms with Crippen LogP contribution in [0.15, 0.2) is 177 Å². The third kappa shape index (κ3) is 9.72.